The number of hydrogen-bond donors (Lipinski definition) is 2. The molecule has 0 bridgehead atoms. The average Bonchev–Trinajstić information content (AvgIpc) is 2.27. The molecule has 0 radical (unpaired) electrons. The number of hydrogen-bond acceptors (Lipinski definition) is 4. The standard InChI is InChI=1S/C9H15F3N2O3/c10-9(11,12)6-13-3-8(16)14-1-2-17-5-7(14)4-15/h7,13,15H,1-6H2. The highest BCUT2D eigenvalue weighted by molar-refractivity contribution is 5.78. The summed E-state index contributed by atoms with van der Waals surface area (Å²) in [5.41, 5.74) is 0. The van der Waals surface area contributed by atoms with Crippen LogP contribution in [-0.4, -0.2) is 67.6 Å². The zero-order chi connectivity index (χ0) is 12.9. The molecule has 0 spiro atoms. The molecule has 1 atom stereocenters. The van der Waals surface area contributed by atoms with Gasteiger partial charge < -0.3 is 20.1 Å². The van der Waals surface area contributed by atoms with Crippen LogP contribution in [-0.2, 0) is 9.53 Å². The zero-order valence-electron chi connectivity index (χ0n) is 9.16. The van der Waals surface area contributed by atoms with Gasteiger partial charge >= 0.3 is 6.18 Å². The molecular weight excluding hydrogens is 241 g/mol. The summed E-state index contributed by atoms with van der Waals surface area (Å²) < 4.78 is 40.6. The molecule has 1 aliphatic rings. The largest absolute Gasteiger partial charge is 0.401 e. The molecule has 0 aromatic carbocycles. The minimum absolute atomic E-state index is 0.210. The zero-order valence-corrected chi connectivity index (χ0v) is 9.16. The molecule has 17 heavy (non-hydrogen) atoms. The van der Waals surface area contributed by atoms with Crippen LogP contribution < -0.4 is 5.32 Å². The molecule has 1 unspecified atom stereocenters. The van der Waals surface area contributed by atoms with Crippen molar-refractivity contribution in [3.8, 4) is 0 Å². The van der Waals surface area contributed by atoms with Crippen molar-refractivity contribution in [2.24, 2.45) is 0 Å². The first-order valence-corrected chi connectivity index (χ1v) is 5.19. The Labute approximate surface area is 96.5 Å². The highest BCUT2D eigenvalue weighted by Gasteiger charge is 2.29. The van der Waals surface area contributed by atoms with Gasteiger partial charge in [0.15, 0.2) is 0 Å². The fourth-order valence-electron chi connectivity index (χ4n) is 1.55. The third-order valence-corrected chi connectivity index (χ3v) is 2.36. The van der Waals surface area contributed by atoms with Crippen molar-refractivity contribution in [3.63, 3.8) is 0 Å². The van der Waals surface area contributed by atoms with E-state index < -0.39 is 31.2 Å². The van der Waals surface area contributed by atoms with E-state index in [4.69, 9.17) is 9.84 Å². The van der Waals surface area contributed by atoms with E-state index in [1.807, 2.05) is 5.32 Å². The first-order valence-electron chi connectivity index (χ1n) is 5.19. The topological polar surface area (TPSA) is 61.8 Å². The van der Waals surface area contributed by atoms with Crippen molar-refractivity contribution >= 4 is 5.91 Å². The first kappa shape index (κ1) is 14.2. The quantitative estimate of drug-likeness (QED) is 0.702. The van der Waals surface area contributed by atoms with Gasteiger partial charge in [0, 0.05) is 6.54 Å². The maximum Gasteiger partial charge on any atom is 0.401 e. The summed E-state index contributed by atoms with van der Waals surface area (Å²) in [6, 6.07) is -0.469. The summed E-state index contributed by atoms with van der Waals surface area (Å²) in [6.07, 6.45) is -4.33. The maximum absolute atomic E-state index is 11.8. The van der Waals surface area contributed by atoms with E-state index in [-0.39, 0.29) is 19.8 Å². The molecule has 0 aliphatic carbocycles. The number of carbonyl (C=O) groups excluding carboxylic acids is 1. The van der Waals surface area contributed by atoms with Crippen LogP contribution >= 0.6 is 0 Å². The number of rotatable bonds is 4. The monoisotopic (exact) mass is 256 g/mol. The van der Waals surface area contributed by atoms with Crippen LogP contribution in [0.4, 0.5) is 13.2 Å². The van der Waals surface area contributed by atoms with Crippen LogP contribution in [0.25, 0.3) is 0 Å². The van der Waals surface area contributed by atoms with Gasteiger partial charge in [0.2, 0.25) is 5.91 Å². The molecule has 1 fully saturated rings. The van der Waals surface area contributed by atoms with Gasteiger partial charge in [-0.2, -0.15) is 13.2 Å². The Hall–Kier alpha value is -0.860. The second kappa shape index (κ2) is 6.18. The molecule has 0 aromatic rings. The molecule has 0 aromatic heterocycles. The fraction of sp³-hybridized carbons (Fsp3) is 0.889. The van der Waals surface area contributed by atoms with Crippen LogP contribution in [0.15, 0.2) is 0 Å². The minimum atomic E-state index is -4.33. The number of morpholine rings is 1. The van der Waals surface area contributed by atoms with Crippen molar-refractivity contribution in [1.82, 2.24) is 10.2 Å². The molecule has 8 heteroatoms. The van der Waals surface area contributed by atoms with Crippen LogP contribution in [0.3, 0.4) is 0 Å². The number of nitrogens with one attached hydrogen (secondary N) is 1. The number of halogens is 3. The van der Waals surface area contributed by atoms with Crippen molar-refractivity contribution in [1.29, 1.82) is 0 Å². The van der Waals surface area contributed by atoms with E-state index in [9.17, 15) is 18.0 Å². The molecule has 5 nitrogen and oxygen atoms in total. The molecule has 2 N–H and O–H groups in total. The van der Waals surface area contributed by atoms with Gasteiger partial charge in [-0.1, -0.05) is 0 Å². The molecule has 1 heterocycles. The lowest BCUT2D eigenvalue weighted by molar-refractivity contribution is -0.142. The van der Waals surface area contributed by atoms with E-state index >= 15 is 0 Å². The number of aliphatic hydroxyl groups excluding tert-OH is 1. The van der Waals surface area contributed by atoms with Crippen LogP contribution in [0, 0.1) is 0 Å². The van der Waals surface area contributed by atoms with Gasteiger partial charge in [0.1, 0.15) is 0 Å². The van der Waals surface area contributed by atoms with Crippen molar-refractivity contribution in [2.75, 3.05) is 39.5 Å². The number of nitrogens with zero attached hydrogens (tertiary/aromatic N) is 1. The number of carbonyl (C=O) groups is 1. The van der Waals surface area contributed by atoms with E-state index in [0.717, 1.165) is 0 Å². The second-order valence-corrected chi connectivity index (χ2v) is 3.72. The summed E-state index contributed by atoms with van der Waals surface area (Å²) in [5.74, 6) is -0.461. The van der Waals surface area contributed by atoms with E-state index in [0.29, 0.717) is 6.61 Å². The third kappa shape index (κ3) is 4.88. The van der Waals surface area contributed by atoms with Crippen LogP contribution in [0.5, 0.6) is 0 Å². The lowest BCUT2D eigenvalue weighted by Gasteiger charge is -2.34. The lowest BCUT2D eigenvalue weighted by atomic mass is 10.2. The molecule has 1 saturated heterocycles. The minimum Gasteiger partial charge on any atom is -0.394 e. The average molecular weight is 256 g/mol. The number of amides is 1. The van der Waals surface area contributed by atoms with Gasteiger partial charge in [0.05, 0.1) is 39.0 Å². The van der Waals surface area contributed by atoms with Gasteiger partial charge in [-0.05, 0) is 0 Å². The van der Waals surface area contributed by atoms with Gasteiger partial charge in [-0.15, -0.1) is 0 Å². The molecule has 1 aliphatic heterocycles. The molecule has 0 saturated carbocycles. The Morgan fingerprint density at radius 2 is 2.24 bits per heavy atom. The lowest BCUT2D eigenvalue weighted by Crippen LogP contribution is -2.53. The normalized spacial score (nSPS) is 21.6. The van der Waals surface area contributed by atoms with E-state index in [1.165, 1.54) is 4.90 Å². The Balaban J connectivity index is 2.35. The summed E-state index contributed by atoms with van der Waals surface area (Å²) in [4.78, 5) is 12.9. The highest BCUT2D eigenvalue weighted by Crippen LogP contribution is 2.12. The number of ether oxygens (including phenoxy) is 1. The molecule has 100 valence electrons. The number of alkyl halides is 3. The molecule has 1 rings (SSSR count). The van der Waals surface area contributed by atoms with Crippen LogP contribution in [0.1, 0.15) is 0 Å². The van der Waals surface area contributed by atoms with Gasteiger partial charge in [-0.25, -0.2) is 0 Å². The summed E-state index contributed by atoms with van der Waals surface area (Å²) >= 11 is 0. The highest BCUT2D eigenvalue weighted by atomic mass is 19.4. The fourth-order valence-corrected chi connectivity index (χ4v) is 1.55. The summed E-state index contributed by atoms with van der Waals surface area (Å²) in [7, 11) is 0. The first-order chi connectivity index (χ1) is 7.94. The Morgan fingerprint density at radius 1 is 1.53 bits per heavy atom. The predicted octanol–water partition coefficient (Wildman–Crippen LogP) is -0.642. The van der Waals surface area contributed by atoms with E-state index in [2.05, 4.69) is 0 Å². The summed E-state index contributed by atoms with van der Waals surface area (Å²) in [5, 5.41) is 11.0. The molecule has 1 amide bonds. The van der Waals surface area contributed by atoms with Gasteiger partial charge in [0.25, 0.3) is 0 Å². The second-order valence-electron chi connectivity index (χ2n) is 3.72. The predicted molar refractivity (Wildman–Crippen MR) is 52.3 cm³/mol. The van der Waals surface area contributed by atoms with Crippen molar-refractivity contribution in [3.05, 3.63) is 0 Å². The van der Waals surface area contributed by atoms with E-state index in [1.54, 1.807) is 0 Å². The Bertz CT molecular complexity index is 260. The maximum atomic E-state index is 11.8. The smallest absolute Gasteiger partial charge is 0.394 e. The number of aliphatic hydroxyl groups is 1. The Morgan fingerprint density at radius 3 is 2.82 bits per heavy atom. The SMILES string of the molecule is O=C(CNCC(F)(F)F)N1CCOCC1CO. The van der Waals surface area contributed by atoms with Crippen LogP contribution in [0.2, 0.25) is 0 Å². The van der Waals surface area contributed by atoms with Gasteiger partial charge in [-0.3, -0.25) is 4.79 Å². The van der Waals surface area contributed by atoms with Crippen molar-refractivity contribution in [2.45, 2.75) is 12.2 Å². The Kier molecular flexibility index (Phi) is 5.16. The van der Waals surface area contributed by atoms with Crippen molar-refractivity contribution < 1.29 is 27.8 Å². The molecular formula is C9H15F3N2O3. The summed E-state index contributed by atoms with van der Waals surface area (Å²) in [6.45, 7) is -1.02. The third-order valence-electron chi connectivity index (χ3n) is 2.36.